The number of aliphatic carboxylic acids is 1. The van der Waals surface area contributed by atoms with Gasteiger partial charge in [0.15, 0.2) is 0 Å². The van der Waals surface area contributed by atoms with Crippen LogP contribution in [0.5, 0.6) is 0 Å². The Labute approximate surface area is 182 Å². The molecule has 0 radical (unpaired) electrons. The Hall–Kier alpha value is -3.19. The summed E-state index contributed by atoms with van der Waals surface area (Å²) in [6.07, 6.45) is 3.52. The summed E-state index contributed by atoms with van der Waals surface area (Å²) in [4.78, 5) is 40.8. The third-order valence-electron chi connectivity index (χ3n) is 5.53. The van der Waals surface area contributed by atoms with Gasteiger partial charge in [-0.2, -0.15) is 0 Å². The molecule has 1 heterocycles. The minimum Gasteiger partial charge on any atom is -0.481 e. The van der Waals surface area contributed by atoms with Crippen LogP contribution in [-0.2, 0) is 16.0 Å². The minimum absolute atomic E-state index is 0.178. The largest absolute Gasteiger partial charge is 0.481 e. The van der Waals surface area contributed by atoms with Gasteiger partial charge >= 0.3 is 5.97 Å². The molecule has 1 aliphatic heterocycles. The van der Waals surface area contributed by atoms with E-state index in [2.05, 4.69) is 0 Å². The van der Waals surface area contributed by atoms with Gasteiger partial charge in [0.25, 0.3) is 11.8 Å². The van der Waals surface area contributed by atoms with E-state index in [-0.39, 0.29) is 24.8 Å². The van der Waals surface area contributed by atoms with Gasteiger partial charge in [0.1, 0.15) is 6.54 Å². The van der Waals surface area contributed by atoms with Gasteiger partial charge in [-0.1, -0.05) is 30.7 Å². The van der Waals surface area contributed by atoms with Crippen LogP contribution in [0.25, 0.3) is 0 Å². The minimum atomic E-state index is -1.01. The molecule has 31 heavy (non-hydrogen) atoms. The molecule has 2 amide bonds. The molecule has 0 saturated carbocycles. The number of unbranched alkanes of at least 4 members (excludes halogenated alkanes) is 2. The van der Waals surface area contributed by atoms with Crippen LogP contribution in [-0.4, -0.2) is 46.9 Å². The summed E-state index contributed by atoms with van der Waals surface area (Å²) in [6.45, 7) is 2.14. The molecular formula is C24H29N3O4. The number of fused-ring (bicyclic) bond motifs is 1. The maximum atomic E-state index is 13.4. The number of carbonyl (C=O) groups excluding carboxylic acids is 2. The van der Waals surface area contributed by atoms with Crippen molar-refractivity contribution in [3.05, 3.63) is 59.7 Å². The van der Waals surface area contributed by atoms with Crippen molar-refractivity contribution in [1.82, 2.24) is 4.90 Å². The molecule has 1 aliphatic rings. The van der Waals surface area contributed by atoms with Gasteiger partial charge < -0.3 is 15.7 Å². The van der Waals surface area contributed by atoms with E-state index in [0.717, 1.165) is 31.2 Å². The number of para-hydroxylation sites is 1. The maximum absolute atomic E-state index is 13.4. The van der Waals surface area contributed by atoms with Crippen molar-refractivity contribution in [1.29, 1.82) is 0 Å². The number of benzene rings is 2. The summed E-state index contributed by atoms with van der Waals surface area (Å²) in [6, 6.07) is 14.2. The fourth-order valence-electron chi connectivity index (χ4n) is 3.91. The Morgan fingerprint density at radius 2 is 1.84 bits per heavy atom. The average molecular weight is 424 g/mol. The third kappa shape index (κ3) is 5.30. The van der Waals surface area contributed by atoms with Gasteiger partial charge in [-0.15, -0.1) is 0 Å². The summed E-state index contributed by atoms with van der Waals surface area (Å²) in [5, 5.41) is 9.20. The van der Waals surface area contributed by atoms with Crippen LogP contribution in [0.2, 0.25) is 0 Å². The summed E-state index contributed by atoms with van der Waals surface area (Å²) < 4.78 is 0. The topological polar surface area (TPSA) is 104 Å². The number of anilines is 2. The van der Waals surface area contributed by atoms with E-state index in [1.54, 1.807) is 11.8 Å². The van der Waals surface area contributed by atoms with Crippen LogP contribution in [0.4, 0.5) is 11.4 Å². The van der Waals surface area contributed by atoms with Crippen LogP contribution in [0.3, 0.4) is 0 Å². The molecule has 1 atom stereocenters. The standard InChI is InChI=1S/C24H29N3O4/c1-17(14-23(29)30)26-16-22(28)27(19-9-5-2-6-10-19)21-12-11-18(8-4-3-7-13-25)15-20(21)24(26)31/h2,5-6,9-12,15,17H,3-4,7-8,13-14,16,25H2,1H3,(H,29,30). The zero-order valence-electron chi connectivity index (χ0n) is 17.8. The van der Waals surface area contributed by atoms with E-state index in [4.69, 9.17) is 5.73 Å². The fraction of sp³-hybridized carbons (Fsp3) is 0.375. The highest BCUT2D eigenvalue weighted by Crippen LogP contribution is 2.34. The van der Waals surface area contributed by atoms with Crippen molar-refractivity contribution < 1.29 is 19.5 Å². The van der Waals surface area contributed by atoms with Gasteiger partial charge in [-0.25, -0.2) is 0 Å². The fourth-order valence-corrected chi connectivity index (χ4v) is 3.91. The zero-order valence-corrected chi connectivity index (χ0v) is 17.8. The second kappa shape index (κ2) is 10.2. The smallest absolute Gasteiger partial charge is 0.305 e. The van der Waals surface area contributed by atoms with Crippen LogP contribution < -0.4 is 10.6 Å². The van der Waals surface area contributed by atoms with Gasteiger partial charge in [0, 0.05) is 11.7 Å². The highest BCUT2D eigenvalue weighted by atomic mass is 16.4. The first-order chi connectivity index (χ1) is 14.9. The maximum Gasteiger partial charge on any atom is 0.305 e. The van der Waals surface area contributed by atoms with Crippen molar-refractivity contribution in [3.63, 3.8) is 0 Å². The molecule has 0 aliphatic carbocycles. The average Bonchev–Trinajstić information content (AvgIpc) is 2.86. The van der Waals surface area contributed by atoms with Crippen LogP contribution in [0, 0.1) is 0 Å². The number of hydrogen-bond acceptors (Lipinski definition) is 4. The molecule has 0 aromatic heterocycles. The molecule has 0 bridgehead atoms. The van der Waals surface area contributed by atoms with Crippen LogP contribution in [0.1, 0.15) is 48.5 Å². The lowest BCUT2D eigenvalue weighted by atomic mass is 10.0. The lowest BCUT2D eigenvalue weighted by Crippen LogP contribution is -2.43. The predicted molar refractivity (Wildman–Crippen MR) is 119 cm³/mol. The summed E-state index contributed by atoms with van der Waals surface area (Å²) in [7, 11) is 0. The highest BCUT2D eigenvalue weighted by Gasteiger charge is 2.35. The molecule has 3 N–H and O–H groups in total. The third-order valence-corrected chi connectivity index (χ3v) is 5.53. The Balaban J connectivity index is 2.02. The van der Waals surface area contributed by atoms with Crippen molar-refractivity contribution in [2.45, 2.75) is 45.1 Å². The lowest BCUT2D eigenvalue weighted by molar-refractivity contribution is -0.138. The predicted octanol–water partition coefficient (Wildman–Crippen LogP) is 3.34. The first-order valence-corrected chi connectivity index (χ1v) is 10.7. The molecule has 0 saturated heterocycles. The van der Waals surface area contributed by atoms with Crippen molar-refractivity contribution in [3.8, 4) is 0 Å². The Morgan fingerprint density at radius 3 is 2.52 bits per heavy atom. The van der Waals surface area contributed by atoms with Crippen molar-refractivity contribution in [2.75, 3.05) is 18.0 Å². The number of amides is 2. The molecule has 7 heteroatoms. The van der Waals surface area contributed by atoms with Crippen LogP contribution in [0.15, 0.2) is 48.5 Å². The Morgan fingerprint density at radius 1 is 1.10 bits per heavy atom. The van der Waals surface area contributed by atoms with E-state index in [9.17, 15) is 19.5 Å². The summed E-state index contributed by atoms with van der Waals surface area (Å²) in [5.41, 5.74) is 8.19. The molecule has 2 aromatic rings. The van der Waals surface area contributed by atoms with Gasteiger partial charge in [-0.05, 0) is 62.6 Å². The molecule has 1 unspecified atom stereocenters. The number of nitrogens with zero attached hydrogens (tertiary/aromatic N) is 2. The van der Waals surface area contributed by atoms with E-state index in [0.29, 0.717) is 23.5 Å². The molecule has 2 aromatic carbocycles. The van der Waals surface area contributed by atoms with Gasteiger partial charge in [0.2, 0.25) is 0 Å². The first kappa shape index (κ1) is 22.5. The SMILES string of the molecule is CC(CC(=O)O)N1CC(=O)N(c2ccccc2)c2ccc(CCCCCN)cc2C1=O. The second-order valence-electron chi connectivity index (χ2n) is 7.90. The zero-order chi connectivity index (χ0) is 22.4. The number of carboxylic acids is 1. The van der Waals surface area contributed by atoms with E-state index in [1.807, 2.05) is 48.5 Å². The Bertz CT molecular complexity index is 945. The molecule has 7 nitrogen and oxygen atoms in total. The molecule has 0 spiro atoms. The lowest BCUT2D eigenvalue weighted by Gasteiger charge is -2.26. The summed E-state index contributed by atoms with van der Waals surface area (Å²) in [5.74, 6) is -1.60. The second-order valence-corrected chi connectivity index (χ2v) is 7.90. The molecular weight excluding hydrogens is 394 g/mol. The summed E-state index contributed by atoms with van der Waals surface area (Å²) >= 11 is 0. The Kier molecular flexibility index (Phi) is 7.41. The number of carboxylic acid groups (broad SMARTS) is 1. The number of aryl methyl sites for hydroxylation is 1. The molecule has 0 fully saturated rings. The molecule has 3 rings (SSSR count). The molecule has 164 valence electrons. The monoisotopic (exact) mass is 423 g/mol. The van der Waals surface area contributed by atoms with Crippen LogP contribution >= 0.6 is 0 Å². The number of carbonyl (C=O) groups is 3. The van der Waals surface area contributed by atoms with E-state index < -0.39 is 12.0 Å². The van der Waals surface area contributed by atoms with Gasteiger partial charge in [0.05, 0.1) is 17.7 Å². The number of nitrogens with two attached hydrogens (primary N) is 1. The van der Waals surface area contributed by atoms with E-state index >= 15 is 0 Å². The number of rotatable bonds is 9. The van der Waals surface area contributed by atoms with E-state index in [1.165, 1.54) is 4.90 Å². The number of hydrogen-bond donors (Lipinski definition) is 2. The first-order valence-electron chi connectivity index (χ1n) is 10.7. The van der Waals surface area contributed by atoms with Gasteiger partial charge in [-0.3, -0.25) is 19.3 Å². The quantitative estimate of drug-likeness (QED) is 0.602. The van der Waals surface area contributed by atoms with Crippen molar-refractivity contribution >= 4 is 29.2 Å². The van der Waals surface area contributed by atoms with Crippen molar-refractivity contribution in [2.24, 2.45) is 5.73 Å². The normalized spacial score (nSPS) is 14.9. The highest BCUT2D eigenvalue weighted by molar-refractivity contribution is 6.13.